The number of aldehydes is 1. The Bertz CT molecular complexity index is 421. The van der Waals surface area contributed by atoms with Crippen LogP contribution in [0.4, 0.5) is 0 Å². The van der Waals surface area contributed by atoms with Crippen LogP contribution in [0.3, 0.4) is 0 Å². The highest BCUT2D eigenvalue weighted by atomic mass is 35.5. The first-order valence-electron chi connectivity index (χ1n) is 5.22. The van der Waals surface area contributed by atoms with Crippen molar-refractivity contribution in [3.8, 4) is 11.5 Å². The van der Waals surface area contributed by atoms with Crippen molar-refractivity contribution < 1.29 is 24.5 Å². The molecule has 18 heavy (non-hydrogen) atoms. The molecular formula is C12H15ClO5. The van der Waals surface area contributed by atoms with Crippen molar-refractivity contribution >= 4 is 17.9 Å². The topological polar surface area (TPSA) is 76.0 Å². The lowest BCUT2D eigenvalue weighted by Gasteiger charge is -2.20. The van der Waals surface area contributed by atoms with E-state index in [9.17, 15) is 15.0 Å². The minimum absolute atomic E-state index is 0.123. The fourth-order valence-electron chi connectivity index (χ4n) is 1.56. The summed E-state index contributed by atoms with van der Waals surface area (Å²) in [5.74, 6) is 0.457. The van der Waals surface area contributed by atoms with E-state index in [1.807, 2.05) is 0 Å². The molecule has 0 fully saturated rings. The fraction of sp³-hybridized carbons (Fsp3) is 0.417. The standard InChI is InChI=1S/C12H15ClO5/c1-17-10-4-8(12(16)9(15)5-13)11(18-2)3-7(10)6-14/h3-4,6,9,12,15-16H,5H2,1-2H3. The van der Waals surface area contributed by atoms with Crippen molar-refractivity contribution in [1.29, 1.82) is 0 Å². The number of hydrogen-bond donors (Lipinski definition) is 2. The Morgan fingerprint density at radius 1 is 1.28 bits per heavy atom. The van der Waals surface area contributed by atoms with E-state index in [-0.39, 0.29) is 11.6 Å². The lowest BCUT2D eigenvalue weighted by atomic mass is 10.0. The number of hydrogen-bond acceptors (Lipinski definition) is 5. The smallest absolute Gasteiger partial charge is 0.153 e. The normalized spacial score (nSPS) is 13.8. The highest BCUT2D eigenvalue weighted by Gasteiger charge is 2.23. The third-order valence-corrected chi connectivity index (χ3v) is 2.87. The molecule has 0 amide bonds. The van der Waals surface area contributed by atoms with Gasteiger partial charge in [-0.15, -0.1) is 11.6 Å². The van der Waals surface area contributed by atoms with Gasteiger partial charge in [-0.05, 0) is 12.1 Å². The highest BCUT2D eigenvalue weighted by Crippen LogP contribution is 2.33. The number of methoxy groups -OCH3 is 2. The molecular weight excluding hydrogens is 260 g/mol. The summed E-state index contributed by atoms with van der Waals surface area (Å²) >= 11 is 5.49. The Morgan fingerprint density at radius 2 is 1.89 bits per heavy atom. The summed E-state index contributed by atoms with van der Waals surface area (Å²) in [4.78, 5) is 10.9. The van der Waals surface area contributed by atoms with E-state index in [0.717, 1.165) is 0 Å². The maximum atomic E-state index is 10.9. The molecule has 5 nitrogen and oxygen atoms in total. The maximum absolute atomic E-state index is 10.9. The summed E-state index contributed by atoms with van der Waals surface area (Å²) in [5.41, 5.74) is 0.610. The molecule has 0 aromatic heterocycles. The molecule has 0 aliphatic rings. The first-order chi connectivity index (χ1) is 8.58. The van der Waals surface area contributed by atoms with Crippen LogP contribution in [0.5, 0.6) is 11.5 Å². The van der Waals surface area contributed by atoms with Crippen molar-refractivity contribution in [2.75, 3.05) is 20.1 Å². The predicted molar refractivity (Wildman–Crippen MR) is 66.6 cm³/mol. The van der Waals surface area contributed by atoms with Crippen LogP contribution in [-0.2, 0) is 0 Å². The van der Waals surface area contributed by atoms with Crippen LogP contribution in [-0.4, -0.2) is 42.7 Å². The van der Waals surface area contributed by atoms with Crippen LogP contribution in [0, 0.1) is 0 Å². The highest BCUT2D eigenvalue weighted by molar-refractivity contribution is 6.18. The van der Waals surface area contributed by atoms with E-state index >= 15 is 0 Å². The third kappa shape index (κ3) is 2.93. The lowest BCUT2D eigenvalue weighted by Crippen LogP contribution is -2.20. The number of aliphatic hydroxyl groups is 2. The largest absolute Gasteiger partial charge is 0.496 e. The molecule has 0 aliphatic carbocycles. The summed E-state index contributed by atoms with van der Waals surface area (Å²) in [6.07, 6.45) is -1.73. The molecule has 100 valence electrons. The molecule has 6 heteroatoms. The summed E-state index contributed by atoms with van der Waals surface area (Å²) < 4.78 is 10.1. The third-order valence-electron chi connectivity index (χ3n) is 2.55. The summed E-state index contributed by atoms with van der Waals surface area (Å²) in [6, 6.07) is 2.88. The maximum Gasteiger partial charge on any atom is 0.153 e. The van der Waals surface area contributed by atoms with Gasteiger partial charge >= 0.3 is 0 Å². The van der Waals surface area contributed by atoms with Crippen molar-refractivity contribution in [3.63, 3.8) is 0 Å². The monoisotopic (exact) mass is 274 g/mol. The molecule has 0 bridgehead atoms. The van der Waals surface area contributed by atoms with Gasteiger partial charge in [0.2, 0.25) is 0 Å². The molecule has 0 aliphatic heterocycles. The van der Waals surface area contributed by atoms with Gasteiger partial charge in [0.25, 0.3) is 0 Å². The molecule has 1 aromatic carbocycles. The van der Waals surface area contributed by atoms with Gasteiger partial charge < -0.3 is 19.7 Å². The number of ether oxygens (including phenoxy) is 2. The molecule has 2 atom stereocenters. The lowest BCUT2D eigenvalue weighted by molar-refractivity contribution is 0.0311. The second-order valence-electron chi connectivity index (χ2n) is 3.62. The number of alkyl halides is 1. The molecule has 2 N–H and O–H groups in total. The van der Waals surface area contributed by atoms with Crippen LogP contribution >= 0.6 is 11.6 Å². The second-order valence-corrected chi connectivity index (χ2v) is 3.93. The quantitative estimate of drug-likeness (QED) is 0.601. The fourth-order valence-corrected chi connectivity index (χ4v) is 1.73. The van der Waals surface area contributed by atoms with E-state index in [0.29, 0.717) is 23.2 Å². The van der Waals surface area contributed by atoms with Crippen LogP contribution in [0.1, 0.15) is 22.0 Å². The minimum atomic E-state index is -1.22. The van der Waals surface area contributed by atoms with Crippen LogP contribution in [0.15, 0.2) is 12.1 Å². The van der Waals surface area contributed by atoms with Gasteiger partial charge in [0.1, 0.15) is 17.6 Å². The zero-order valence-electron chi connectivity index (χ0n) is 10.1. The minimum Gasteiger partial charge on any atom is -0.496 e. The van der Waals surface area contributed by atoms with E-state index in [1.54, 1.807) is 0 Å². The van der Waals surface area contributed by atoms with Gasteiger partial charge in [0.15, 0.2) is 6.29 Å². The van der Waals surface area contributed by atoms with Crippen LogP contribution in [0.25, 0.3) is 0 Å². The number of aliphatic hydroxyl groups excluding tert-OH is 2. The summed E-state index contributed by atoms with van der Waals surface area (Å²) in [7, 11) is 2.81. The van der Waals surface area contributed by atoms with E-state index in [4.69, 9.17) is 21.1 Å². The van der Waals surface area contributed by atoms with Gasteiger partial charge in [-0.3, -0.25) is 4.79 Å². The summed E-state index contributed by atoms with van der Waals surface area (Å²) in [5, 5.41) is 19.5. The molecule has 0 saturated heterocycles. The van der Waals surface area contributed by atoms with Gasteiger partial charge in [0, 0.05) is 5.56 Å². The van der Waals surface area contributed by atoms with Gasteiger partial charge in [-0.1, -0.05) is 0 Å². The average Bonchev–Trinajstić information content (AvgIpc) is 2.43. The van der Waals surface area contributed by atoms with Crippen LogP contribution in [0.2, 0.25) is 0 Å². The zero-order chi connectivity index (χ0) is 13.7. The average molecular weight is 275 g/mol. The van der Waals surface area contributed by atoms with Crippen molar-refractivity contribution in [2.45, 2.75) is 12.2 Å². The first kappa shape index (κ1) is 14.8. The zero-order valence-corrected chi connectivity index (χ0v) is 10.8. The SMILES string of the molecule is COc1cc(C(O)C(O)CCl)c(OC)cc1C=O. The van der Waals surface area contributed by atoms with E-state index in [1.165, 1.54) is 26.4 Å². The van der Waals surface area contributed by atoms with Gasteiger partial charge in [0.05, 0.1) is 31.8 Å². The molecule has 0 heterocycles. The van der Waals surface area contributed by atoms with E-state index < -0.39 is 12.2 Å². The first-order valence-corrected chi connectivity index (χ1v) is 5.75. The predicted octanol–water partition coefficient (Wildman–Crippen LogP) is 1.15. The van der Waals surface area contributed by atoms with Crippen molar-refractivity contribution in [2.24, 2.45) is 0 Å². The Balaban J connectivity index is 3.29. The Kier molecular flexibility index (Phi) is 5.40. The molecule has 0 spiro atoms. The number of carbonyl (C=O) groups excluding carboxylic acids is 1. The Morgan fingerprint density at radius 3 is 2.33 bits per heavy atom. The van der Waals surface area contributed by atoms with Crippen LogP contribution < -0.4 is 9.47 Å². The Hall–Kier alpha value is -1.30. The number of rotatable bonds is 6. The molecule has 0 saturated carbocycles. The molecule has 1 rings (SSSR count). The Labute approximate surface area is 110 Å². The van der Waals surface area contributed by atoms with Crippen molar-refractivity contribution in [3.05, 3.63) is 23.3 Å². The van der Waals surface area contributed by atoms with Gasteiger partial charge in [-0.2, -0.15) is 0 Å². The number of carbonyl (C=O) groups is 1. The number of halogens is 1. The molecule has 0 radical (unpaired) electrons. The molecule has 2 unspecified atom stereocenters. The molecule has 1 aromatic rings. The van der Waals surface area contributed by atoms with Crippen molar-refractivity contribution in [1.82, 2.24) is 0 Å². The van der Waals surface area contributed by atoms with E-state index in [2.05, 4.69) is 0 Å². The number of benzene rings is 1. The second kappa shape index (κ2) is 6.58. The summed E-state index contributed by atoms with van der Waals surface area (Å²) in [6.45, 7) is 0. The van der Waals surface area contributed by atoms with Gasteiger partial charge in [-0.25, -0.2) is 0 Å².